The number of hydrogen-bond acceptors (Lipinski definition) is 3. The van der Waals surface area contributed by atoms with Gasteiger partial charge in [0.2, 0.25) is 5.89 Å². The van der Waals surface area contributed by atoms with Crippen LogP contribution in [0.3, 0.4) is 0 Å². The van der Waals surface area contributed by atoms with Gasteiger partial charge in [-0.25, -0.2) is 4.98 Å². The van der Waals surface area contributed by atoms with E-state index in [1.54, 1.807) is 0 Å². The molecule has 0 bridgehead atoms. The first-order valence-corrected chi connectivity index (χ1v) is 19.3. The van der Waals surface area contributed by atoms with Gasteiger partial charge in [-0.3, -0.25) is 0 Å². The van der Waals surface area contributed by atoms with Crippen LogP contribution < -0.4 is 4.90 Å². The molecule has 0 fully saturated rings. The Labute approximate surface area is 330 Å². The van der Waals surface area contributed by atoms with Crippen LogP contribution in [0.2, 0.25) is 0 Å². The van der Waals surface area contributed by atoms with E-state index >= 15 is 0 Å². The molecule has 0 spiro atoms. The molecule has 0 N–H and O–H groups in total. The van der Waals surface area contributed by atoms with Crippen LogP contribution in [0, 0.1) is 0 Å². The maximum Gasteiger partial charge on any atom is 0.227 e. The summed E-state index contributed by atoms with van der Waals surface area (Å²) < 4.78 is 8.59. The number of para-hydroxylation sites is 3. The van der Waals surface area contributed by atoms with Crippen molar-refractivity contribution in [3.63, 3.8) is 0 Å². The third-order valence-electron chi connectivity index (χ3n) is 11.0. The lowest BCUT2D eigenvalue weighted by molar-refractivity contribution is 0.620. The van der Waals surface area contributed by atoms with E-state index in [1.165, 1.54) is 27.4 Å². The number of fused-ring (bicyclic) bond motifs is 6. The molecular weight excluding hydrogens is 695 g/mol. The molecule has 57 heavy (non-hydrogen) atoms. The zero-order chi connectivity index (χ0) is 37.7. The Kier molecular flexibility index (Phi) is 7.78. The normalized spacial score (nSPS) is 11.5. The fourth-order valence-corrected chi connectivity index (χ4v) is 8.40. The van der Waals surface area contributed by atoms with E-state index in [9.17, 15) is 0 Å². The SMILES string of the molecule is c1ccc(-c2nc3c(ccc4c(-c5ccc(N(c6ccc(-n7c8ccccc8c8ccccc87)cc6)c6ccccc6-c6ccccc6)cc5)cccc43)o2)cc1. The molecule has 11 rings (SSSR count). The highest BCUT2D eigenvalue weighted by Crippen LogP contribution is 2.43. The van der Waals surface area contributed by atoms with Gasteiger partial charge in [0.1, 0.15) is 5.52 Å². The summed E-state index contributed by atoms with van der Waals surface area (Å²) in [4.78, 5) is 7.33. The molecule has 0 unspecified atom stereocenters. The minimum atomic E-state index is 0.631. The van der Waals surface area contributed by atoms with Crippen LogP contribution in [0.25, 0.3) is 83.1 Å². The fraction of sp³-hybridized carbons (Fsp3) is 0. The lowest BCUT2D eigenvalue weighted by Gasteiger charge is -2.28. The van der Waals surface area contributed by atoms with Crippen LogP contribution in [0.15, 0.2) is 217 Å². The molecule has 4 nitrogen and oxygen atoms in total. The van der Waals surface area contributed by atoms with Crippen LogP contribution in [-0.4, -0.2) is 9.55 Å². The largest absolute Gasteiger partial charge is 0.436 e. The second kappa shape index (κ2) is 13.6. The summed E-state index contributed by atoms with van der Waals surface area (Å²) in [6.45, 7) is 0. The fourth-order valence-electron chi connectivity index (χ4n) is 8.40. The van der Waals surface area contributed by atoms with E-state index in [2.05, 4.69) is 185 Å². The molecule has 2 aromatic heterocycles. The second-order valence-corrected chi connectivity index (χ2v) is 14.3. The topological polar surface area (TPSA) is 34.2 Å². The first-order valence-electron chi connectivity index (χ1n) is 19.3. The van der Waals surface area contributed by atoms with Gasteiger partial charge in [0.05, 0.1) is 16.7 Å². The Bertz CT molecular complexity index is 3160. The van der Waals surface area contributed by atoms with E-state index in [0.717, 1.165) is 66.9 Å². The van der Waals surface area contributed by atoms with Gasteiger partial charge in [0.25, 0.3) is 0 Å². The summed E-state index contributed by atoms with van der Waals surface area (Å²) in [5, 5.41) is 4.72. The molecule has 0 amide bonds. The summed E-state index contributed by atoms with van der Waals surface area (Å²) in [6.07, 6.45) is 0. The lowest BCUT2D eigenvalue weighted by atomic mass is 9.97. The minimum Gasteiger partial charge on any atom is -0.436 e. The van der Waals surface area contributed by atoms with E-state index in [1.807, 2.05) is 36.4 Å². The monoisotopic (exact) mass is 729 g/mol. The molecule has 268 valence electrons. The summed E-state index contributed by atoms with van der Waals surface area (Å²) in [5.74, 6) is 0.631. The number of rotatable bonds is 7. The quantitative estimate of drug-likeness (QED) is 0.164. The van der Waals surface area contributed by atoms with Gasteiger partial charge in [-0.15, -0.1) is 0 Å². The van der Waals surface area contributed by atoms with Crippen LogP contribution >= 0.6 is 0 Å². The van der Waals surface area contributed by atoms with Crippen molar-refractivity contribution in [3.8, 4) is 39.4 Å². The molecule has 0 saturated heterocycles. The third kappa shape index (κ3) is 5.58. The van der Waals surface area contributed by atoms with Crippen molar-refractivity contribution in [1.82, 2.24) is 9.55 Å². The number of anilines is 3. The molecular formula is C53H35N3O. The zero-order valence-electron chi connectivity index (χ0n) is 31.0. The van der Waals surface area contributed by atoms with Crippen LogP contribution in [0.5, 0.6) is 0 Å². The third-order valence-corrected chi connectivity index (χ3v) is 11.0. The van der Waals surface area contributed by atoms with E-state index in [4.69, 9.17) is 9.40 Å². The zero-order valence-corrected chi connectivity index (χ0v) is 31.0. The standard InChI is InChI=1S/C53H35N3O/c1-3-14-36(15-4-1)43-18-7-10-23-48(43)55(40-30-32-41(33-31-40)56-49-24-11-8-19-45(49)46-20-9-12-25-50(46)56)39-28-26-37(27-29-39)42-21-13-22-47-44(42)34-35-51-52(47)54-53(57-51)38-16-5-2-6-17-38/h1-35H. The summed E-state index contributed by atoms with van der Waals surface area (Å²) in [5.41, 5.74) is 14.0. The first kappa shape index (κ1) is 32.7. The van der Waals surface area contributed by atoms with Crippen molar-refractivity contribution in [3.05, 3.63) is 212 Å². The summed E-state index contributed by atoms with van der Waals surface area (Å²) in [6, 6.07) is 75.2. The number of aromatic nitrogens is 2. The number of hydrogen-bond donors (Lipinski definition) is 0. The average Bonchev–Trinajstić information content (AvgIpc) is 3.88. The predicted molar refractivity (Wildman–Crippen MR) is 237 cm³/mol. The van der Waals surface area contributed by atoms with Crippen molar-refractivity contribution in [1.29, 1.82) is 0 Å². The van der Waals surface area contributed by atoms with Gasteiger partial charge in [0.15, 0.2) is 5.58 Å². The van der Waals surface area contributed by atoms with Crippen molar-refractivity contribution >= 4 is 60.7 Å². The Morgan fingerprint density at radius 1 is 0.386 bits per heavy atom. The molecule has 2 heterocycles. The number of oxazole rings is 1. The molecule has 0 radical (unpaired) electrons. The van der Waals surface area contributed by atoms with Crippen LogP contribution in [-0.2, 0) is 0 Å². The number of benzene rings is 9. The molecule has 9 aromatic carbocycles. The minimum absolute atomic E-state index is 0.631. The molecule has 0 aliphatic rings. The second-order valence-electron chi connectivity index (χ2n) is 14.3. The Balaban J connectivity index is 1.02. The maximum absolute atomic E-state index is 6.22. The molecule has 0 aliphatic carbocycles. The van der Waals surface area contributed by atoms with Gasteiger partial charge in [-0.2, -0.15) is 0 Å². The molecule has 11 aromatic rings. The van der Waals surface area contributed by atoms with Gasteiger partial charge in [0, 0.05) is 44.3 Å². The van der Waals surface area contributed by atoms with Gasteiger partial charge < -0.3 is 13.9 Å². The highest BCUT2D eigenvalue weighted by molar-refractivity contribution is 6.10. The Morgan fingerprint density at radius 2 is 0.930 bits per heavy atom. The molecule has 0 saturated carbocycles. The highest BCUT2D eigenvalue weighted by Gasteiger charge is 2.19. The smallest absolute Gasteiger partial charge is 0.227 e. The van der Waals surface area contributed by atoms with Crippen LogP contribution in [0.4, 0.5) is 17.1 Å². The molecule has 0 atom stereocenters. The van der Waals surface area contributed by atoms with Gasteiger partial charge >= 0.3 is 0 Å². The van der Waals surface area contributed by atoms with Crippen molar-refractivity contribution < 1.29 is 4.42 Å². The highest BCUT2D eigenvalue weighted by atomic mass is 16.3. The van der Waals surface area contributed by atoms with Gasteiger partial charge in [-0.1, -0.05) is 133 Å². The Hall–Kier alpha value is -7.69. The lowest BCUT2D eigenvalue weighted by Crippen LogP contribution is -2.11. The number of nitrogens with zero attached hydrogens (tertiary/aromatic N) is 3. The first-order chi connectivity index (χ1) is 28.3. The molecule has 4 heteroatoms. The summed E-state index contributed by atoms with van der Waals surface area (Å²) >= 11 is 0. The molecule has 0 aliphatic heterocycles. The van der Waals surface area contributed by atoms with Crippen LogP contribution in [0.1, 0.15) is 0 Å². The van der Waals surface area contributed by atoms with Crippen molar-refractivity contribution in [2.45, 2.75) is 0 Å². The van der Waals surface area contributed by atoms with E-state index in [0.29, 0.717) is 5.89 Å². The van der Waals surface area contributed by atoms with E-state index in [-0.39, 0.29) is 0 Å². The Morgan fingerprint density at radius 3 is 1.63 bits per heavy atom. The predicted octanol–water partition coefficient (Wildman–Crippen LogP) is 14.5. The maximum atomic E-state index is 6.22. The summed E-state index contributed by atoms with van der Waals surface area (Å²) in [7, 11) is 0. The van der Waals surface area contributed by atoms with Gasteiger partial charge in [-0.05, 0) is 101 Å². The average molecular weight is 730 g/mol. The van der Waals surface area contributed by atoms with Crippen molar-refractivity contribution in [2.24, 2.45) is 0 Å². The van der Waals surface area contributed by atoms with Crippen molar-refractivity contribution in [2.75, 3.05) is 4.90 Å². The van der Waals surface area contributed by atoms with E-state index < -0.39 is 0 Å².